The molecule has 0 saturated carbocycles. The Morgan fingerprint density at radius 1 is 0.804 bits per heavy atom. The van der Waals surface area contributed by atoms with Crippen LogP contribution < -0.4 is 9.62 Å². The standard InChI is InChI=1S/C36H39Cl2N3O4S/c1-4-26(3)39-36(43)34(23-27-14-8-6-9-15-27)40(24-28-20-21-31(37)32(38)22-28)35(42)25-41(33-19-13-12-16-29(33)5-2)46(44,45)30-17-10-7-11-18-30/h6-22,26,34H,4-5,23-25H2,1-3H3,(H,39,43)/t26-,34+/m1/s1. The topological polar surface area (TPSA) is 86.8 Å². The first-order valence-corrected chi connectivity index (χ1v) is 17.5. The zero-order chi connectivity index (χ0) is 33.3. The van der Waals surface area contributed by atoms with Gasteiger partial charge in [-0.3, -0.25) is 13.9 Å². The summed E-state index contributed by atoms with van der Waals surface area (Å²) in [5, 5.41) is 3.70. The molecular weight excluding hydrogens is 641 g/mol. The predicted octanol–water partition coefficient (Wildman–Crippen LogP) is 7.31. The second kappa shape index (κ2) is 16.1. The van der Waals surface area contributed by atoms with Gasteiger partial charge >= 0.3 is 0 Å². The summed E-state index contributed by atoms with van der Waals surface area (Å²) in [6, 6.07) is 28.5. The van der Waals surface area contributed by atoms with Gasteiger partial charge in [0.05, 0.1) is 20.6 Å². The lowest BCUT2D eigenvalue weighted by molar-refractivity contribution is -0.140. The Morgan fingerprint density at radius 3 is 2.07 bits per heavy atom. The van der Waals surface area contributed by atoms with Crippen molar-refractivity contribution in [3.63, 3.8) is 0 Å². The number of aryl methyl sites for hydroxylation is 1. The highest BCUT2D eigenvalue weighted by atomic mass is 35.5. The fourth-order valence-electron chi connectivity index (χ4n) is 5.12. The number of hydrogen-bond donors (Lipinski definition) is 1. The van der Waals surface area contributed by atoms with E-state index in [-0.39, 0.29) is 29.8 Å². The summed E-state index contributed by atoms with van der Waals surface area (Å²) in [5.41, 5.74) is 2.66. The molecular formula is C36H39Cl2N3O4S. The molecule has 0 aliphatic heterocycles. The molecule has 4 rings (SSSR count). The molecule has 2 amide bonds. The molecule has 2 atom stereocenters. The number of benzene rings is 4. The predicted molar refractivity (Wildman–Crippen MR) is 186 cm³/mol. The molecule has 0 saturated heterocycles. The molecule has 0 aromatic heterocycles. The summed E-state index contributed by atoms with van der Waals surface area (Å²) >= 11 is 12.6. The zero-order valence-corrected chi connectivity index (χ0v) is 28.5. The second-order valence-electron chi connectivity index (χ2n) is 11.1. The van der Waals surface area contributed by atoms with E-state index < -0.39 is 28.5 Å². The molecule has 10 heteroatoms. The van der Waals surface area contributed by atoms with Gasteiger partial charge in [-0.1, -0.05) is 110 Å². The number of halogens is 2. The van der Waals surface area contributed by atoms with E-state index in [4.69, 9.17) is 23.2 Å². The number of para-hydroxylation sites is 1. The molecule has 0 spiro atoms. The molecule has 0 fully saturated rings. The smallest absolute Gasteiger partial charge is 0.264 e. The van der Waals surface area contributed by atoms with Gasteiger partial charge in [0.2, 0.25) is 11.8 Å². The van der Waals surface area contributed by atoms with E-state index in [1.807, 2.05) is 63.2 Å². The van der Waals surface area contributed by atoms with Crippen LogP contribution in [0.25, 0.3) is 0 Å². The molecule has 4 aromatic carbocycles. The van der Waals surface area contributed by atoms with Crippen molar-refractivity contribution in [1.29, 1.82) is 0 Å². The molecule has 0 radical (unpaired) electrons. The van der Waals surface area contributed by atoms with E-state index in [9.17, 15) is 18.0 Å². The van der Waals surface area contributed by atoms with Gasteiger partial charge in [-0.15, -0.1) is 0 Å². The van der Waals surface area contributed by atoms with Crippen molar-refractivity contribution in [1.82, 2.24) is 10.2 Å². The Kier molecular flexibility index (Phi) is 12.3. The Labute approximate surface area is 282 Å². The first kappa shape index (κ1) is 35.0. The van der Waals surface area contributed by atoms with Gasteiger partial charge in [-0.2, -0.15) is 0 Å². The van der Waals surface area contributed by atoms with Gasteiger partial charge in [0.1, 0.15) is 12.6 Å². The molecule has 242 valence electrons. The largest absolute Gasteiger partial charge is 0.352 e. The van der Waals surface area contributed by atoms with E-state index in [2.05, 4.69) is 5.32 Å². The maximum Gasteiger partial charge on any atom is 0.264 e. The van der Waals surface area contributed by atoms with E-state index >= 15 is 0 Å². The minimum Gasteiger partial charge on any atom is -0.352 e. The summed E-state index contributed by atoms with van der Waals surface area (Å²) in [6.07, 6.45) is 1.46. The Hall–Kier alpha value is -3.85. The van der Waals surface area contributed by atoms with Crippen molar-refractivity contribution >= 4 is 50.7 Å². The lowest BCUT2D eigenvalue weighted by atomic mass is 10.0. The summed E-state index contributed by atoms with van der Waals surface area (Å²) in [7, 11) is -4.18. The third-order valence-corrected chi connectivity index (χ3v) is 10.4. The van der Waals surface area contributed by atoms with Crippen molar-refractivity contribution in [2.75, 3.05) is 10.8 Å². The Bertz CT molecular complexity index is 1740. The third kappa shape index (κ3) is 8.69. The number of amides is 2. The average molecular weight is 681 g/mol. The minimum atomic E-state index is -4.18. The minimum absolute atomic E-state index is 0.00417. The highest BCUT2D eigenvalue weighted by molar-refractivity contribution is 7.92. The number of carbonyl (C=O) groups excluding carboxylic acids is 2. The lowest BCUT2D eigenvalue weighted by Crippen LogP contribution is -2.54. The summed E-state index contributed by atoms with van der Waals surface area (Å²) in [4.78, 5) is 30.1. The molecule has 0 heterocycles. The first-order chi connectivity index (χ1) is 22.0. The van der Waals surface area contributed by atoms with Gasteiger partial charge in [0, 0.05) is 19.0 Å². The van der Waals surface area contributed by atoms with E-state index in [1.54, 1.807) is 48.5 Å². The average Bonchev–Trinajstić information content (AvgIpc) is 3.07. The van der Waals surface area contributed by atoms with Crippen molar-refractivity contribution in [2.24, 2.45) is 0 Å². The monoisotopic (exact) mass is 679 g/mol. The molecule has 0 unspecified atom stereocenters. The molecule has 4 aromatic rings. The van der Waals surface area contributed by atoms with Gasteiger partial charge < -0.3 is 10.2 Å². The number of carbonyl (C=O) groups is 2. The maximum atomic E-state index is 14.6. The number of nitrogens with zero attached hydrogens (tertiary/aromatic N) is 2. The van der Waals surface area contributed by atoms with Crippen LogP contribution in [0, 0.1) is 0 Å². The second-order valence-corrected chi connectivity index (χ2v) is 13.8. The van der Waals surface area contributed by atoms with Crippen LogP contribution in [0.3, 0.4) is 0 Å². The van der Waals surface area contributed by atoms with Crippen LogP contribution in [0.15, 0.2) is 108 Å². The molecule has 46 heavy (non-hydrogen) atoms. The fraction of sp³-hybridized carbons (Fsp3) is 0.278. The number of sulfonamides is 1. The van der Waals surface area contributed by atoms with Gasteiger partial charge in [-0.05, 0) is 66.8 Å². The van der Waals surface area contributed by atoms with Crippen molar-refractivity contribution < 1.29 is 18.0 Å². The first-order valence-electron chi connectivity index (χ1n) is 15.3. The van der Waals surface area contributed by atoms with Crippen molar-refractivity contribution in [3.05, 3.63) is 130 Å². The summed E-state index contributed by atoms with van der Waals surface area (Å²) < 4.78 is 29.6. The Balaban J connectivity index is 1.84. The number of nitrogens with one attached hydrogen (secondary N) is 1. The highest BCUT2D eigenvalue weighted by Crippen LogP contribution is 2.29. The number of anilines is 1. The number of rotatable bonds is 14. The number of hydrogen-bond acceptors (Lipinski definition) is 4. The molecule has 0 aliphatic rings. The van der Waals surface area contributed by atoms with E-state index in [0.29, 0.717) is 34.1 Å². The highest BCUT2D eigenvalue weighted by Gasteiger charge is 2.35. The van der Waals surface area contributed by atoms with Gasteiger partial charge in [0.15, 0.2) is 0 Å². The zero-order valence-electron chi connectivity index (χ0n) is 26.2. The van der Waals surface area contributed by atoms with Crippen molar-refractivity contribution in [2.45, 2.75) is 63.6 Å². The normalized spacial score (nSPS) is 12.6. The molecule has 7 nitrogen and oxygen atoms in total. The SMILES string of the molecule is CCc1ccccc1N(CC(=O)N(Cc1ccc(Cl)c(Cl)c1)[C@@H](Cc1ccccc1)C(=O)N[C@H](C)CC)S(=O)(=O)c1ccccc1. The van der Waals surface area contributed by atoms with Gasteiger partial charge in [0.25, 0.3) is 10.0 Å². The molecule has 0 aliphatic carbocycles. The molecule has 0 bridgehead atoms. The van der Waals surface area contributed by atoms with Crippen molar-refractivity contribution in [3.8, 4) is 0 Å². The van der Waals surface area contributed by atoms with Crippen LogP contribution in [-0.2, 0) is 39.0 Å². The van der Waals surface area contributed by atoms with Crippen LogP contribution in [0.1, 0.15) is 43.9 Å². The maximum absolute atomic E-state index is 14.6. The lowest BCUT2D eigenvalue weighted by Gasteiger charge is -2.34. The quantitative estimate of drug-likeness (QED) is 0.151. The molecule has 1 N–H and O–H groups in total. The van der Waals surface area contributed by atoms with Crippen LogP contribution in [0.2, 0.25) is 10.0 Å². The van der Waals surface area contributed by atoms with E-state index in [0.717, 1.165) is 15.4 Å². The van der Waals surface area contributed by atoms with Crippen LogP contribution in [0.5, 0.6) is 0 Å². The Morgan fingerprint density at radius 2 is 1.43 bits per heavy atom. The fourth-order valence-corrected chi connectivity index (χ4v) is 6.91. The van der Waals surface area contributed by atoms with Crippen LogP contribution in [0.4, 0.5) is 5.69 Å². The van der Waals surface area contributed by atoms with Gasteiger partial charge in [-0.25, -0.2) is 8.42 Å². The summed E-state index contributed by atoms with van der Waals surface area (Å²) in [5.74, 6) is -0.880. The van der Waals surface area contributed by atoms with Crippen LogP contribution >= 0.6 is 23.2 Å². The third-order valence-electron chi connectivity index (χ3n) is 7.86. The summed E-state index contributed by atoms with van der Waals surface area (Å²) in [6.45, 7) is 5.26. The van der Waals surface area contributed by atoms with Crippen LogP contribution in [-0.4, -0.2) is 43.8 Å². The van der Waals surface area contributed by atoms with E-state index in [1.165, 1.54) is 17.0 Å².